The lowest BCUT2D eigenvalue weighted by Gasteiger charge is -2.26. The topological polar surface area (TPSA) is 102 Å². The van der Waals surface area contributed by atoms with Gasteiger partial charge in [-0.15, -0.1) is 0 Å². The van der Waals surface area contributed by atoms with Crippen LogP contribution in [0.15, 0.2) is 256 Å². The Kier molecular flexibility index (Phi) is 10.6. The molecule has 0 bridgehead atoms. The first-order chi connectivity index (χ1) is 37.2. The molecule has 0 atom stereocenters. The molecule has 0 fully saturated rings. The number of hydrogen-bond donors (Lipinski definition) is 0. The Hall–Kier alpha value is -10.5. The molecule has 14 aromatic rings. The van der Waals surface area contributed by atoms with Gasteiger partial charge in [-0.05, 0) is 119 Å². The average molecular weight is 963 g/mol. The van der Waals surface area contributed by atoms with Crippen molar-refractivity contribution in [2.24, 2.45) is 0 Å². The third-order valence-electron chi connectivity index (χ3n) is 13.9. The van der Waals surface area contributed by atoms with Crippen LogP contribution in [0, 0.1) is 0 Å². The Morgan fingerprint density at radius 1 is 0.307 bits per heavy atom. The number of pyridine rings is 4. The van der Waals surface area contributed by atoms with Crippen LogP contribution in [-0.4, -0.2) is 39.5 Å². The van der Waals surface area contributed by atoms with E-state index in [9.17, 15) is 0 Å². The van der Waals surface area contributed by atoms with Crippen molar-refractivity contribution in [1.29, 1.82) is 0 Å². The van der Waals surface area contributed by atoms with Crippen LogP contribution >= 0.6 is 0 Å². The molecule has 0 N–H and O–H groups in total. The van der Waals surface area contributed by atoms with Crippen LogP contribution in [-0.2, 0) is 0 Å². The van der Waals surface area contributed by atoms with Gasteiger partial charge in [0.25, 0.3) is 0 Å². The summed E-state index contributed by atoms with van der Waals surface area (Å²) < 4.78 is 2.39. The maximum atomic E-state index is 5.28. The molecule has 0 aliphatic carbocycles. The second kappa shape index (κ2) is 18.3. The molecule has 14 rings (SSSR count). The monoisotopic (exact) mass is 962 g/mol. The van der Waals surface area contributed by atoms with Gasteiger partial charge < -0.3 is 14.4 Å². The van der Waals surface area contributed by atoms with Gasteiger partial charge in [0.15, 0.2) is 17.5 Å². The van der Waals surface area contributed by atoms with E-state index in [4.69, 9.17) is 15.0 Å². The van der Waals surface area contributed by atoms with Crippen LogP contribution in [0.1, 0.15) is 0 Å². The third-order valence-corrected chi connectivity index (χ3v) is 13.9. The summed E-state index contributed by atoms with van der Waals surface area (Å²) >= 11 is 0. The smallest absolute Gasteiger partial charge is 0.164 e. The fraction of sp³-hybridized carbons (Fsp3) is 0. The minimum atomic E-state index is 0.570. The number of nitrogens with zero attached hydrogens (tertiary/aromatic N) is 10. The highest BCUT2D eigenvalue weighted by Gasteiger charge is 2.24. The summed E-state index contributed by atoms with van der Waals surface area (Å²) in [7, 11) is 0. The highest BCUT2D eigenvalue weighted by Crippen LogP contribution is 2.47. The van der Waals surface area contributed by atoms with Gasteiger partial charge in [0, 0.05) is 74.4 Å². The van der Waals surface area contributed by atoms with Crippen molar-refractivity contribution in [3.8, 4) is 39.9 Å². The van der Waals surface area contributed by atoms with Crippen LogP contribution in [0.3, 0.4) is 0 Å². The first-order valence-electron chi connectivity index (χ1n) is 24.7. The van der Waals surface area contributed by atoms with Crippen LogP contribution in [0.25, 0.3) is 94.0 Å². The summed E-state index contributed by atoms with van der Waals surface area (Å²) in [6, 6.07) is 71.9. The maximum Gasteiger partial charge on any atom is 0.164 e. The van der Waals surface area contributed by atoms with E-state index in [-0.39, 0.29) is 0 Å². The average Bonchev–Trinajstić information content (AvgIpc) is 3.85. The number of rotatable bonds is 10. The summed E-state index contributed by atoms with van der Waals surface area (Å²) in [5, 5.41) is 8.76. The summed E-state index contributed by atoms with van der Waals surface area (Å²) in [5.41, 5.74) is 11.3. The summed E-state index contributed by atoms with van der Waals surface area (Å²) in [4.78, 5) is 38.4. The fourth-order valence-electron chi connectivity index (χ4n) is 10.5. The Morgan fingerprint density at radius 3 is 1.33 bits per heavy atom. The van der Waals surface area contributed by atoms with E-state index in [1.165, 1.54) is 0 Å². The van der Waals surface area contributed by atoms with Gasteiger partial charge in [0.05, 0.1) is 64.3 Å². The van der Waals surface area contributed by atoms with Crippen molar-refractivity contribution in [2.45, 2.75) is 0 Å². The number of anilines is 6. The molecule has 6 heterocycles. The predicted molar refractivity (Wildman–Crippen MR) is 304 cm³/mol. The zero-order valence-electron chi connectivity index (χ0n) is 40.2. The Morgan fingerprint density at radius 2 is 0.800 bits per heavy atom. The lowest BCUT2D eigenvalue weighted by atomic mass is 10.0. The number of aromatic nitrogens is 8. The van der Waals surface area contributed by atoms with Crippen LogP contribution in [0.5, 0.6) is 0 Å². The molecule has 352 valence electrons. The fourth-order valence-corrected chi connectivity index (χ4v) is 10.5. The van der Waals surface area contributed by atoms with Crippen molar-refractivity contribution < 1.29 is 0 Å². The molecule has 75 heavy (non-hydrogen) atoms. The molecule has 6 aromatic heterocycles. The summed E-state index contributed by atoms with van der Waals surface area (Å²) in [6.45, 7) is 0. The third kappa shape index (κ3) is 7.81. The van der Waals surface area contributed by atoms with E-state index in [0.717, 1.165) is 111 Å². The second-order valence-corrected chi connectivity index (χ2v) is 18.4. The van der Waals surface area contributed by atoms with Gasteiger partial charge in [0.2, 0.25) is 0 Å². The van der Waals surface area contributed by atoms with Crippen molar-refractivity contribution >= 4 is 88.2 Å². The summed E-state index contributed by atoms with van der Waals surface area (Å²) in [6.07, 6.45) is 14.8. The highest BCUT2D eigenvalue weighted by molar-refractivity contribution is 6.23. The Bertz CT molecular complexity index is 4260. The molecule has 10 heteroatoms. The Balaban J connectivity index is 1.02. The van der Waals surface area contributed by atoms with Gasteiger partial charge in [-0.25, -0.2) is 15.0 Å². The molecule has 0 aliphatic rings. The zero-order chi connectivity index (χ0) is 49.7. The molecular formula is C65H42N10. The molecule has 0 amide bonds. The van der Waals surface area contributed by atoms with Crippen LogP contribution in [0.2, 0.25) is 0 Å². The van der Waals surface area contributed by atoms with E-state index >= 15 is 0 Å². The largest absolute Gasteiger partial charge is 0.309 e. The van der Waals surface area contributed by atoms with E-state index in [1.54, 1.807) is 24.8 Å². The Labute approximate surface area is 431 Å². The first kappa shape index (κ1) is 43.3. The van der Waals surface area contributed by atoms with E-state index in [1.807, 2.05) is 49.1 Å². The van der Waals surface area contributed by atoms with E-state index in [0.29, 0.717) is 17.5 Å². The summed E-state index contributed by atoms with van der Waals surface area (Å²) in [5.74, 6) is 1.77. The molecule has 0 radical (unpaired) electrons. The van der Waals surface area contributed by atoms with Gasteiger partial charge >= 0.3 is 0 Å². The van der Waals surface area contributed by atoms with Gasteiger partial charge in [-0.1, -0.05) is 109 Å². The van der Waals surface area contributed by atoms with E-state index < -0.39 is 0 Å². The van der Waals surface area contributed by atoms with Crippen LogP contribution in [0.4, 0.5) is 34.1 Å². The maximum absolute atomic E-state index is 5.28. The predicted octanol–water partition coefficient (Wildman–Crippen LogP) is 15.9. The number of hydrogen-bond acceptors (Lipinski definition) is 9. The van der Waals surface area contributed by atoms with Crippen molar-refractivity contribution in [1.82, 2.24) is 39.5 Å². The zero-order valence-corrected chi connectivity index (χ0v) is 40.2. The standard InChI is InChI=1S/C65H42N10/c1-3-14-45-34-48(26-24-43(45)12-1)64-70-63(71-65(72-64)49-27-25-44-13-2-4-15-46(44)35-49)47-16-7-17-50(36-47)75-60-29-28-51(73(52-18-8-30-66-39-52)53-19-9-31-67-40-53)37-58(60)59-38-61(56-22-5-6-23-57(56)62(59)75)74(54-20-10-32-68-41-54)55-21-11-33-69-42-55/h1-42H. The SMILES string of the molecule is c1cncc(N(c2cccnc2)c2ccc3c(c2)c2cc(N(c4cccnc4)c4cccnc4)c4ccccc4c2n3-c2cccc(-c3nc(-c4ccc5ccccc5c4)nc(-c4ccc5ccccc5c4)n3)c2)c1. The minimum Gasteiger partial charge on any atom is -0.309 e. The number of benzene rings is 8. The molecule has 0 aliphatic heterocycles. The minimum absolute atomic E-state index is 0.570. The molecular weight excluding hydrogens is 921 g/mol. The van der Waals surface area contributed by atoms with Crippen molar-refractivity contribution in [3.63, 3.8) is 0 Å². The quantitative estimate of drug-likeness (QED) is 0.133. The normalized spacial score (nSPS) is 11.5. The van der Waals surface area contributed by atoms with Gasteiger partial charge in [0.1, 0.15) is 0 Å². The molecule has 0 saturated carbocycles. The van der Waals surface area contributed by atoms with Gasteiger partial charge in [-0.2, -0.15) is 0 Å². The van der Waals surface area contributed by atoms with Crippen LogP contribution < -0.4 is 9.80 Å². The lowest BCUT2D eigenvalue weighted by molar-refractivity contribution is 1.07. The highest BCUT2D eigenvalue weighted by atomic mass is 15.2. The molecule has 0 spiro atoms. The van der Waals surface area contributed by atoms with Crippen molar-refractivity contribution in [2.75, 3.05) is 9.80 Å². The molecule has 0 unspecified atom stereocenters. The molecule has 10 nitrogen and oxygen atoms in total. The second-order valence-electron chi connectivity index (χ2n) is 18.4. The first-order valence-corrected chi connectivity index (χ1v) is 24.7. The van der Waals surface area contributed by atoms with Crippen molar-refractivity contribution in [3.05, 3.63) is 256 Å². The number of fused-ring (bicyclic) bond motifs is 7. The lowest BCUT2D eigenvalue weighted by Crippen LogP contribution is -2.11. The molecule has 8 aromatic carbocycles. The molecule has 0 saturated heterocycles. The van der Waals surface area contributed by atoms with Gasteiger partial charge in [-0.3, -0.25) is 19.9 Å². The van der Waals surface area contributed by atoms with E-state index in [2.05, 4.69) is 216 Å².